The first kappa shape index (κ1) is 29.6. The number of hydrogen-bond donors (Lipinski definition) is 0. The Bertz CT molecular complexity index is 1200. The Labute approximate surface area is 227 Å². The van der Waals surface area contributed by atoms with Gasteiger partial charge in [0.2, 0.25) is 15.9 Å². The normalized spacial score (nSPS) is 14.8. The summed E-state index contributed by atoms with van der Waals surface area (Å²) in [5.41, 5.74) is 2.26. The van der Waals surface area contributed by atoms with Crippen LogP contribution in [0.1, 0.15) is 43.7 Å². The number of ether oxygens (including phenoxy) is 1. The van der Waals surface area contributed by atoms with E-state index in [1.54, 1.807) is 45.0 Å². The quantitative estimate of drug-likeness (QED) is 0.380. The summed E-state index contributed by atoms with van der Waals surface area (Å²) >= 11 is 0. The molecular formula is C28H41N5O4S. The third kappa shape index (κ3) is 7.32. The number of nitrogens with zero attached hydrogens (tertiary/aromatic N) is 5. The van der Waals surface area contributed by atoms with Crippen molar-refractivity contribution >= 4 is 27.8 Å². The van der Waals surface area contributed by atoms with Crippen molar-refractivity contribution in [3.05, 3.63) is 47.8 Å². The van der Waals surface area contributed by atoms with Crippen molar-refractivity contribution in [2.75, 3.05) is 58.8 Å². The van der Waals surface area contributed by atoms with Crippen LogP contribution in [-0.4, -0.2) is 88.7 Å². The number of amides is 1. The predicted molar refractivity (Wildman–Crippen MR) is 152 cm³/mol. The monoisotopic (exact) mass is 543 g/mol. The highest BCUT2D eigenvalue weighted by Crippen LogP contribution is 2.28. The molecule has 1 saturated heterocycles. The molecule has 0 unspecified atom stereocenters. The molecule has 2 heterocycles. The summed E-state index contributed by atoms with van der Waals surface area (Å²) in [6.07, 6.45) is 8.45. The van der Waals surface area contributed by atoms with E-state index < -0.39 is 10.0 Å². The third-order valence-electron chi connectivity index (χ3n) is 7.25. The molecule has 0 radical (unpaired) electrons. The molecule has 38 heavy (non-hydrogen) atoms. The van der Waals surface area contributed by atoms with Crippen LogP contribution in [0.15, 0.2) is 46.5 Å². The summed E-state index contributed by atoms with van der Waals surface area (Å²) in [5.74, 6) is 1.10. The second kappa shape index (κ2) is 13.7. The Morgan fingerprint density at radius 1 is 1.21 bits per heavy atom. The van der Waals surface area contributed by atoms with Gasteiger partial charge in [-0.15, -0.1) is 0 Å². The fourth-order valence-corrected chi connectivity index (χ4v) is 6.80. The number of sulfonamides is 1. The van der Waals surface area contributed by atoms with E-state index in [2.05, 4.69) is 14.9 Å². The first-order valence-corrected chi connectivity index (χ1v) is 14.6. The van der Waals surface area contributed by atoms with Gasteiger partial charge in [-0.05, 0) is 61.9 Å². The minimum Gasteiger partial charge on any atom is -0.497 e. The van der Waals surface area contributed by atoms with Crippen molar-refractivity contribution in [3.8, 4) is 5.75 Å². The Morgan fingerprint density at radius 2 is 1.89 bits per heavy atom. The van der Waals surface area contributed by atoms with Crippen LogP contribution < -0.4 is 9.64 Å². The molecule has 0 spiro atoms. The molecule has 1 aromatic heterocycles. The molecule has 0 saturated carbocycles. The molecule has 3 rings (SSSR count). The van der Waals surface area contributed by atoms with Gasteiger partial charge in [0.25, 0.3) is 0 Å². The van der Waals surface area contributed by atoms with Gasteiger partial charge in [-0.25, -0.2) is 8.42 Å². The van der Waals surface area contributed by atoms with E-state index in [0.29, 0.717) is 29.3 Å². The topological polar surface area (TPSA) is 95.4 Å². The zero-order chi connectivity index (χ0) is 27.7. The highest BCUT2D eigenvalue weighted by molar-refractivity contribution is 7.89. The van der Waals surface area contributed by atoms with Crippen LogP contribution in [0, 0.1) is 12.8 Å². The molecule has 2 aromatic rings. The van der Waals surface area contributed by atoms with Gasteiger partial charge in [0.1, 0.15) is 5.75 Å². The predicted octanol–water partition coefficient (Wildman–Crippen LogP) is 3.61. The summed E-state index contributed by atoms with van der Waals surface area (Å²) in [6.45, 7) is 6.61. The number of aliphatic imine (C=N–C) groups is 1. The van der Waals surface area contributed by atoms with Crippen LogP contribution in [0.25, 0.3) is 0 Å². The van der Waals surface area contributed by atoms with Crippen LogP contribution in [0.3, 0.4) is 0 Å². The summed E-state index contributed by atoms with van der Waals surface area (Å²) < 4.78 is 33.9. The molecule has 208 valence electrons. The number of rotatable bonds is 12. The number of aryl methyl sites for hydroxylation is 1. The zero-order valence-electron chi connectivity index (χ0n) is 23.3. The first-order chi connectivity index (χ1) is 18.2. The third-order valence-corrected chi connectivity index (χ3v) is 9.44. The van der Waals surface area contributed by atoms with E-state index >= 15 is 0 Å². The van der Waals surface area contributed by atoms with Gasteiger partial charge in [0, 0.05) is 83.1 Å². The number of aromatic nitrogens is 1. The summed E-state index contributed by atoms with van der Waals surface area (Å²) in [7, 11) is 1.12. The highest BCUT2D eigenvalue weighted by Gasteiger charge is 2.29. The molecule has 0 bridgehead atoms. The van der Waals surface area contributed by atoms with Crippen LogP contribution in [0.5, 0.6) is 5.75 Å². The lowest BCUT2D eigenvalue weighted by atomic mass is 9.93. The van der Waals surface area contributed by atoms with Gasteiger partial charge in [0.15, 0.2) is 0 Å². The Hall–Kier alpha value is -2.98. The number of carbonyl (C=O) groups is 1. The second-order valence-corrected chi connectivity index (χ2v) is 11.6. The summed E-state index contributed by atoms with van der Waals surface area (Å²) in [4.78, 5) is 25.4. The fraction of sp³-hybridized carbons (Fsp3) is 0.536. The summed E-state index contributed by atoms with van der Waals surface area (Å²) in [5, 5.41) is 0. The van der Waals surface area contributed by atoms with Gasteiger partial charge in [0.05, 0.1) is 12.0 Å². The Balaban J connectivity index is 1.55. The molecule has 0 atom stereocenters. The van der Waals surface area contributed by atoms with E-state index in [-0.39, 0.29) is 30.3 Å². The lowest BCUT2D eigenvalue weighted by molar-refractivity contribution is -0.130. The van der Waals surface area contributed by atoms with E-state index in [4.69, 9.17) is 4.74 Å². The van der Waals surface area contributed by atoms with Crippen molar-refractivity contribution in [2.45, 2.75) is 44.4 Å². The molecule has 1 aromatic carbocycles. The van der Waals surface area contributed by atoms with Crippen molar-refractivity contribution in [1.29, 1.82) is 0 Å². The molecule has 1 aliphatic heterocycles. The number of piperidine rings is 1. The maximum atomic E-state index is 13.6. The maximum absolute atomic E-state index is 13.6. The Morgan fingerprint density at radius 3 is 2.50 bits per heavy atom. The smallest absolute Gasteiger partial charge is 0.243 e. The minimum absolute atomic E-state index is 0.0466. The molecular weight excluding hydrogens is 502 g/mol. The van der Waals surface area contributed by atoms with Crippen LogP contribution in [0.4, 0.5) is 5.69 Å². The fourth-order valence-electron chi connectivity index (χ4n) is 5.00. The van der Waals surface area contributed by atoms with Crippen molar-refractivity contribution in [3.63, 3.8) is 0 Å². The van der Waals surface area contributed by atoms with E-state index in [1.807, 2.05) is 31.6 Å². The number of carbonyl (C=O) groups excluding carboxylic acids is 1. The van der Waals surface area contributed by atoms with Gasteiger partial charge >= 0.3 is 0 Å². The van der Waals surface area contributed by atoms with Gasteiger partial charge < -0.3 is 14.5 Å². The van der Waals surface area contributed by atoms with Crippen LogP contribution >= 0.6 is 0 Å². The minimum atomic E-state index is -3.83. The van der Waals surface area contributed by atoms with Gasteiger partial charge in [-0.2, -0.15) is 4.31 Å². The average molecular weight is 544 g/mol. The van der Waals surface area contributed by atoms with E-state index in [9.17, 15) is 13.2 Å². The van der Waals surface area contributed by atoms with Crippen molar-refractivity contribution in [2.24, 2.45) is 10.9 Å². The average Bonchev–Trinajstić information content (AvgIpc) is 2.92. The molecule has 9 nitrogen and oxygen atoms in total. The standard InChI is InChI=1S/C28H41N5O4S/c1-6-33(38(35,36)28-22(2)19-26(37-5)20-24(28)21-29-3)18-12-27(34)31(4)15-9-23-10-16-32(17-11-23)25-7-13-30-14-8-25/h7-8,13-14,19-21,23H,6,9-12,15-18H2,1-5H3. The van der Waals surface area contributed by atoms with Gasteiger partial charge in [-0.3, -0.25) is 14.8 Å². The number of pyridine rings is 1. The van der Waals surface area contributed by atoms with Crippen LogP contribution in [-0.2, 0) is 14.8 Å². The molecule has 1 amide bonds. The SMILES string of the molecule is CCN(CCC(=O)N(C)CCC1CCN(c2ccncc2)CC1)S(=O)(=O)c1c(C)cc(OC)cc1C=NC. The lowest BCUT2D eigenvalue weighted by Crippen LogP contribution is -2.38. The molecule has 0 N–H and O–H groups in total. The van der Waals surface area contributed by atoms with Gasteiger partial charge in [-0.1, -0.05) is 6.92 Å². The largest absolute Gasteiger partial charge is 0.497 e. The molecule has 1 fully saturated rings. The molecule has 0 aliphatic carbocycles. The first-order valence-electron chi connectivity index (χ1n) is 13.2. The molecule has 10 heteroatoms. The van der Waals surface area contributed by atoms with Crippen molar-refractivity contribution < 1.29 is 17.9 Å². The summed E-state index contributed by atoms with van der Waals surface area (Å²) in [6, 6.07) is 7.46. The van der Waals surface area contributed by atoms with Crippen LogP contribution in [0.2, 0.25) is 0 Å². The number of hydrogen-bond acceptors (Lipinski definition) is 7. The zero-order valence-corrected chi connectivity index (χ0v) is 24.1. The number of methoxy groups -OCH3 is 1. The second-order valence-electron chi connectivity index (χ2n) is 9.74. The van der Waals surface area contributed by atoms with E-state index in [0.717, 1.165) is 32.4 Å². The maximum Gasteiger partial charge on any atom is 0.243 e. The lowest BCUT2D eigenvalue weighted by Gasteiger charge is -2.34. The van der Waals surface area contributed by atoms with Crippen molar-refractivity contribution in [1.82, 2.24) is 14.2 Å². The number of anilines is 1. The van der Waals surface area contributed by atoms with E-state index in [1.165, 1.54) is 16.2 Å². The number of benzene rings is 1. The highest BCUT2D eigenvalue weighted by atomic mass is 32.2. The Kier molecular flexibility index (Phi) is 10.7. The molecule has 1 aliphatic rings.